The molecule has 5 nitrogen and oxygen atoms in total. The zero-order valence-electron chi connectivity index (χ0n) is 16.1. The molecule has 0 fully saturated rings. The van der Waals surface area contributed by atoms with Gasteiger partial charge in [-0.3, -0.25) is 4.79 Å². The molecule has 0 bridgehead atoms. The first-order chi connectivity index (χ1) is 14.2. The Morgan fingerprint density at radius 1 is 0.897 bits per heavy atom. The van der Waals surface area contributed by atoms with Gasteiger partial charge < -0.3 is 14.1 Å². The average Bonchev–Trinajstić information content (AvgIpc) is 3.28. The summed E-state index contributed by atoms with van der Waals surface area (Å²) in [5.41, 5.74) is 2.18. The van der Waals surface area contributed by atoms with Crippen LogP contribution in [0.4, 0.5) is 0 Å². The Labute approximate surface area is 170 Å². The summed E-state index contributed by atoms with van der Waals surface area (Å²) in [6.07, 6.45) is 5.00. The highest BCUT2D eigenvalue weighted by Gasteiger charge is 2.16. The van der Waals surface area contributed by atoms with E-state index in [1.807, 2.05) is 60.7 Å². The lowest BCUT2D eigenvalue weighted by atomic mass is 10.1. The fourth-order valence-corrected chi connectivity index (χ4v) is 2.81. The number of rotatable bonds is 9. The first-order valence-electron chi connectivity index (χ1n) is 9.44. The van der Waals surface area contributed by atoms with Crippen molar-refractivity contribution >= 4 is 18.0 Å². The van der Waals surface area contributed by atoms with E-state index in [0.29, 0.717) is 18.8 Å². The second kappa shape index (κ2) is 10.7. The van der Waals surface area contributed by atoms with Gasteiger partial charge in [0.1, 0.15) is 5.76 Å². The Morgan fingerprint density at radius 3 is 2.24 bits per heavy atom. The Morgan fingerprint density at radius 2 is 1.59 bits per heavy atom. The largest absolute Gasteiger partial charge is 0.465 e. The van der Waals surface area contributed by atoms with Gasteiger partial charge >= 0.3 is 5.97 Å². The summed E-state index contributed by atoms with van der Waals surface area (Å²) in [4.78, 5) is 26.3. The fraction of sp³-hybridized carbons (Fsp3) is 0.167. The minimum absolute atomic E-state index is 0.232. The van der Waals surface area contributed by atoms with Crippen LogP contribution in [0.1, 0.15) is 16.9 Å². The maximum absolute atomic E-state index is 12.7. The summed E-state index contributed by atoms with van der Waals surface area (Å²) in [7, 11) is 0. The first kappa shape index (κ1) is 20.1. The number of nitrogens with zero attached hydrogens (tertiary/aromatic N) is 1. The number of hydrogen-bond donors (Lipinski definition) is 0. The molecule has 1 amide bonds. The molecule has 1 heterocycles. The lowest BCUT2D eigenvalue weighted by Gasteiger charge is -2.23. The zero-order chi connectivity index (χ0) is 20.3. The second-order valence-corrected chi connectivity index (χ2v) is 6.49. The molecular weight excluding hydrogens is 366 g/mol. The van der Waals surface area contributed by atoms with Crippen LogP contribution in [0, 0.1) is 0 Å². The maximum Gasteiger partial charge on any atom is 0.331 e. The third-order valence-electron chi connectivity index (χ3n) is 4.35. The molecule has 0 aliphatic rings. The number of amides is 1. The average molecular weight is 389 g/mol. The topological polar surface area (TPSA) is 59.8 Å². The molecule has 0 radical (unpaired) electrons. The molecule has 0 atom stereocenters. The van der Waals surface area contributed by atoms with Crippen molar-refractivity contribution in [3.63, 3.8) is 0 Å². The van der Waals surface area contributed by atoms with E-state index in [1.54, 1.807) is 17.0 Å². The van der Waals surface area contributed by atoms with E-state index in [2.05, 4.69) is 0 Å². The Balaban J connectivity index is 1.57. The number of furan rings is 1. The molecule has 0 spiro atoms. The van der Waals surface area contributed by atoms with Crippen molar-refractivity contribution in [1.82, 2.24) is 4.90 Å². The molecule has 0 N–H and O–H groups in total. The van der Waals surface area contributed by atoms with Gasteiger partial charge in [0.05, 0.1) is 6.26 Å². The van der Waals surface area contributed by atoms with Crippen LogP contribution < -0.4 is 0 Å². The first-order valence-corrected chi connectivity index (χ1v) is 9.44. The number of hydrogen-bond acceptors (Lipinski definition) is 4. The standard InChI is InChI=1S/C24H23NO4/c26-23(19-29-24(27)14-13-22-12-7-17-28-22)25(18-21-10-5-2-6-11-21)16-15-20-8-3-1-4-9-20/h1-14,17H,15-16,18-19H2/b14-13+. The van der Waals surface area contributed by atoms with Crippen LogP contribution in [0.3, 0.4) is 0 Å². The van der Waals surface area contributed by atoms with E-state index >= 15 is 0 Å². The smallest absolute Gasteiger partial charge is 0.331 e. The molecule has 3 rings (SSSR count). The number of carbonyl (C=O) groups is 2. The van der Waals surface area contributed by atoms with Gasteiger partial charge in [0.2, 0.25) is 0 Å². The van der Waals surface area contributed by atoms with Crippen LogP contribution in [0.15, 0.2) is 89.6 Å². The molecule has 0 saturated carbocycles. The number of esters is 1. The summed E-state index contributed by atoms with van der Waals surface area (Å²) >= 11 is 0. The molecule has 0 aliphatic heterocycles. The van der Waals surface area contributed by atoms with Gasteiger partial charge in [-0.05, 0) is 35.8 Å². The van der Waals surface area contributed by atoms with Crippen molar-refractivity contribution in [3.05, 3.63) is 102 Å². The molecule has 29 heavy (non-hydrogen) atoms. The van der Waals surface area contributed by atoms with E-state index in [1.165, 1.54) is 18.4 Å². The van der Waals surface area contributed by atoms with E-state index in [4.69, 9.17) is 9.15 Å². The van der Waals surface area contributed by atoms with E-state index in [9.17, 15) is 9.59 Å². The summed E-state index contributed by atoms with van der Waals surface area (Å²) in [6, 6.07) is 23.2. The summed E-state index contributed by atoms with van der Waals surface area (Å²) in [5.74, 6) is -0.274. The molecule has 1 aromatic heterocycles. The summed E-state index contributed by atoms with van der Waals surface area (Å²) < 4.78 is 10.2. The molecule has 0 aliphatic carbocycles. The molecule has 0 saturated heterocycles. The Bertz CT molecular complexity index is 918. The summed E-state index contributed by atoms with van der Waals surface area (Å²) in [5, 5.41) is 0. The number of carbonyl (C=O) groups excluding carboxylic acids is 2. The predicted octanol–water partition coefficient (Wildman–Crippen LogP) is 4.11. The van der Waals surface area contributed by atoms with E-state index in [-0.39, 0.29) is 12.5 Å². The molecule has 5 heteroatoms. The monoisotopic (exact) mass is 389 g/mol. The van der Waals surface area contributed by atoms with Gasteiger partial charge in [-0.15, -0.1) is 0 Å². The summed E-state index contributed by atoms with van der Waals surface area (Å²) in [6.45, 7) is 0.701. The SMILES string of the molecule is O=C(/C=C/c1ccco1)OCC(=O)N(CCc1ccccc1)Cc1ccccc1. The Kier molecular flexibility index (Phi) is 7.41. The van der Waals surface area contributed by atoms with Crippen molar-refractivity contribution in [1.29, 1.82) is 0 Å². The Hall–Kier alpha value is -3.60. The zero-order valence-corrected chi connectivity index (χ0v) is 16.1. The molecular formula is C24H23NO4. The quantitative estimate of drug-likeness (QED) is 0.408. The second-order valence-electron chi connectivity index (χ2n) is 6.49. The van der Waals surface area contributed by atoms with Gasteiger partial charge in [0, 0.05) is 19.2 Å². The predicted molar refractivity (Wildman–Crippen MR) is 111 cm³/mol. The van der Waals surface area contributed by atoms with Gasteiger partial charge in [0.25, 0.3) is 5.91 Å². The number of ether oxygens (including phenoxy) is 1. The highest BCUT2D eigenvalue weighted by atomic mass is 16.5. The van der Waals surface area contributed by atoms with Crippen molar-refractivity contribution in [3.8, 4) is 0 Å². The van der Waals surface area contributed by atoms with Gasteiger partial charge in [-0.1, -0.05) is 60.7 Å². The lowest BCUT2D eigenvalue weighted by Crippen LogP contribution is -2.35. The lowest BCUT2D eigenvalue weighted by molar-refractivity contribution is -0.148. The van der Waals surface area contributed by atoms with Crippen molar-refractivity contribution in [2.24, 2.45) is 0 Å². The maximum atomic E-state index is 12.7. The third kappa shape index (κ3) is 6.81. The fourth-order valence-electron chi connectivity index (χ4n) is 2.81. The van der Waals surface area contributed by atoms with Gasteiger partial charge in [0.15, 0.2) is 6.61 Å². The van der Waals surface area contributed by atoms with Crippen LogP contribution in [-0.2, 0) is 27.3 Å². The van der Waals surface area contributed by atoms with Gasteiger partial charge in [-0.2, -0.15) is 0 Å². The van der Waals surface area contributed by atoms with Crippen LogP contribution >= 0.6 is 0 Å². The normalized spacial score (nSPS) is 10.8. The van der Waals surface area contributed by atoms with Gasteiger partial charge in [-0.25, -0.2) is 4.79 Å². The van der Waals surface area contributed by atoms with E-state index in [0.717, 1.165) is 17.5 Å². The minimum atomic E-state index is -0.586. The van der Waals surface area contributed by atoms with Crippen molar-refractivity contribution in [2.45, 2.75) is 13.0 Å². The van der Waals surface area contributed by atoms with Crippen LogP contribution in [-0.4, -0.2) is 29.9 Å². The molecule has 148 valence electrons. The third-order valence-corrected chi connectivity index (χ3v) is 4.35. The highest BCUT2D eigenvalue weighted by Crippen LogP contribution is 2.08. The molecule has 2 aromatic carbocycles. The molecule has 0 unspecified atom stereocenters. The number of benzene rings is 2. The van der Waals surface area contributed by atoms with Crippen LogP contribution in [0.25, 0.3) is 6.08 Å². The van der Waals surface area contributed by atoms with Crippen molar-refractivity contribution in [2.75, 3.05) is 13.2 Å². The van der Waals surface area contributed by atoms with E-state index < -0.39 is 5.97 Å². The van der Waals surface area contributed by atoms with Crippen molar-refractivity contribution < 1.29 is 18.7 Å². The van der Waals surface area contributed by atoms with Crippen LogP contribution in [0.2, 0.25) is 0 Å². The van der Waals surface area contributed by atoms with Crippen LogP contribution in [0.5, 0.6) is 0 Å². The highest BCUT2D eigenvalue weighted by molar-refractivity contribution is 5.88. The minimum Gasteiger partial charge on any atom is -0.465 e. The molecule has 3 aromatic rings.